The van der Waals surface area contributed by atoms with E-state index < -0.39 is 6.10 Å². The summed E-state index contributed by atoms with van der Waals surface area (Å²) >= 11 is 0. The van der Waals surface area contributed by atoms with Gasteiger partial charge in [0.2, 0.25) is 5.95 Å². The number of aliphatic hydroxyl groups excluding tert-OH is 1. The van der Waals surface area contributed by atoms with Gasteiger partial charge in [0, 0.05) is 6.42 Å². The van der Waals surface area contributed by atoms with Gasteiger partial charge >= 0.3 is 0 Å². The van der Waals surface area contributed by atoms with Crippen LogP contribution in [0.5, 0.6) is 0 Å². The average Bonchev–Trinajstić information content (AvgIpc) is 3.24. The molecule has 5 rings (SSSR count). The van der Waals surface area contributed by atoms with Gasteiger partial charge < -0.3 is 10.4 Å². The first-order valence-electron chi connectivity index (χ1n) is 8.76. The molecule has 7 nitrogen and oxygen atoms in total. The second-order valence-electron chi connectivity index (χ2n) is 6.64. The molecular formula is C20H17N5O2. The van der Waals surface area contributed by atoms with E-state index in [2.05, 4.69) is 20.4 Å². The fourth-order valence-corrected chi connectivity index (χ4v) is 3.64. The second-order valence-corrected chi connectivity index (χ2v) is 6.64. The number of aliphatic hydroxyl groups is 1. The van der Waals surface area contributed by atoms with Crippen molar-refractivity contribution in [1.82, 2.24) is 19.7 Å². The highest BCUT2D eigenvalue weighted by Crippen LogP contribution is 2.33. The van der Waals surface area contributed by atoms with E-state index >= 15 is 0 Å². The summed E-state index contributed by atoms with van der Waals surface area (Å²) in [6, 6.07) is 17.1. The molecule has 0 spiro atoms. The van der Waals surface area contributed by atoms with Gasteiger partial charge in [-0.05, 0) is 23.3 Å². The van der Waals surface area contributed by atoms with E-state index in [1.165, 1.54) is 6.20 Å². The van der Waals surface area contributed by atoms with E-state index in [0.29, 0.717) is 23.4 Å². The van der Waals surface area contributed by atoms with Gasteiger partial charge in [0.15, 0.2) is 5.65 Å². The van der Waals surface area contributed by atoms with Crippen molar-refractivity contribution in [3.63, 3.8) is 0 Å². The molecule has 2 heterocycles. The first-order chi connectivity index (χ1) is 13.2. The zero-order valence-electron chi connectivity index (χ0n) is 14.3. The summed E-state index contributed by atoms with van der Waals surface area (Å²) in [5.41, 5.74) is 3.13. The fourth-order valence-electron chi connectivity index (χ4n) is 3.64. The van der Waals surface area contributed by atoms with Gasteiger partial charge in [0.1, 0.15) is 5.39 Å². The molecule has 7 heteroatoms. The molecule has 2 aromatic carbocycles. The number of anilines is 1. The normalized spacial score (nSPS) is 18.6. The van der Waals surface area contributed by atoms with Crippen LogP contribution >= 0.6 is 0 Å². The third-order valence-electron chi connectivity index (χ3n) is 4.94. The zero-order chi connectivity index (χ0) is 18.4. The molecule has 0 aliphatic heterocycles. The number of fused-ring (bicyclic) bond motifs is 2. The Morgan fingerprint density at radius 2 is 1.89 bits per heavy atom. The summed E-state index contributed by atoms with van der Waals surface area (Å²) in [5, 5.41) is 18.4. The lowest BCUT2D eigenvalue weighted by Crippen LogP contribution is -2.24. The number of para-hydroxylation sites is 1. The molecule has 1 aliphatic rings. The Morgan fingerprint density at radius 1 is 1.11 bits per heavy atom. The molecule has 2 aromatic heterocycles. The van der Waals surface area contributed by atoms with Crippen molar-refractivity contribution in [2.45, 2.75) is 18.6 Å². The minimum absolute atomic E-state index is 0.273. The van der Waals surface area contributed by atoms with Crippen LogP contribution in [0, 0.1) is 0 Å². The Kier molecular flexibility index (Phi) is 3.54. The van der Waals surface area contributed by atoms with Crippen molar-refractivity contribution in [3.05, 3.63) is 82.3 Å². The molecule has 0 radical (unpaired) electrons. The van der Waals surface area contributed by atoms with Crippen LogP contribution in [0.15, 0.2) is 65.6 Å². The van der Waals surface area contributed by atoms with E-state index in [9.17, 15) is 9.90 Å². The SMILES string of the molecule is O=c1[nH]c(N[C@@H]2c3ccccc3C[C@@H]2O)nc2c1cnn2-c1ccccc1. The van der Waals surface area contributed by atoms with Gasteiger partial charge in [-0.25, -0.2) is 4.68 Å². The number of nitrogens with zero attached hydrogens (tertiary/aromatic N) is 3. The van der Waals surface area contributed by atoms with Crippen LogP contribution < -0.4 is 10.9 Å². The van der Waals surface area contributed by atoms with Crippen molar-refractivity contribution in [1.29, 1.82) is 0 Å². The van der Waals surface area contributed by atoms with E-state index in [0.717, 1.165) is 16.8 Å². The monoisotopic (exact) mass is 359 g/mol. The van der Waals surface area contributed by atoms with Gasteiger partial charge in [0.05, 0.1) is 24.0 Å². The highest BCUT2D eigenvalue weighted by molar-refractivity contribution is 5.76. The maximum Gasteiger partial charge on any atom is 0.263 e. The summed E-state index contributed by atoms with van der Waals surface area (Å²) in [4.78, 5) is 19.8. The van der Waals surface area contributed by atoms with E-state index in [4.69, 9.17) is 0 Å². The van der Waals surface area contributed by atoms with Gasteiger partial charge in [-0.3, -0.25) is 9.78 Å². The predicted molar refractivity (Wildman–Crippen MR) is 102 cm³/mol. The molecule has 27 heavy (non-hydrogen) atoms. The Hall–Kier alpha value is -3.45. The van der Waals surface area contributed by atoms with Crippen LogP contribution in [0.1, 0.15) is 17.2 Å². The maximum absolute atomic E-state index is 12.5. The van der Waals surface area contributed by atoms with Crippen LogP contribution in [0.4, 0.5) is 5.95 Å². The largest absolute Gasteiger partial charge is 0.390 e. The molecule has 3 N–H and O–H groups in total. The zero-order valence-corrected chi connectivity index (χ0v) is 14.3. The molecule has 0 saturated carbocycles. The van der Waals surface area contributed by atoms with Crippen molar-refractivity contribution < 1.29 is 5.11 Å². The Morgan fingerprint density at radius 3 is 2.74 bits per heavy atom. The molecule has 0 unspecified atom stereocenters. The number of benzene rings is 2. The molecule has 2 atom stereocenters. The molecule has 0 fully saturated rings. The molecule has 0 amide bonds. The number of aromatic amines is 1. The van der Waals surface area contributed by atoms with Crippen LogP contribution in [-0.4, -0.2) is 31.0 Å². The molecule has 4 aromatic rings. The number of hydrogen-bond acceptors (Lipinski definition) is 5. The van der Waals surface area contributed by atoms with Crippen molar-refractivity contribution in [3.8, 4) is 5.69 Å². The number of rotatable bonds is 3. The summed E-state index contributed by atoms with van der Waals surface area (Å²) in [6.07, 6.45) is 1.50. The fraction of sp³-hybridized carbons (Fsp3) is 0.150. The lowest BCUT2D eigenvalue weighted by molar-refractivity contribution is 0.165. The van der Waals surface area contributed by atoms with Gasteiger partial charge in [-0.1, -0.05) is 42.5 Å². The summed E-state index contributed by atoms with van der Waals surface area (Å²) in [7, 11) is 0. The topological polar surface area (TPSA) is 95.8 Å². The highest BCUT2D eigenvalue weighted by atomic mass is 16.3. The van der Waals surface area contributed by atoms with E-state index in [1.807, 2.05) is 54.6 Å². The van der Waals surface area contributed by atoms with Gasteiger partial charge in [0.25, 0.3) is 5.56 Å². The van der Waals surface area contributed by atoms with Crippen LogP contribution in [0.25, 0.3) is 16.7 Å². The number of aromatic nitrogens is 4. The summed E-state index contributed by atoms with van der Waals surface area (Å²) < 4.78 is 1.63. The van der Waals surface area contributed by atoms with Crippen LogP contribution in [0.3, 0.4) is 0 Å². The minimum Gasteiger partial charge on any atom is -0.390 e. The minimum atomic E-state index is -0.581. The molecule has 1 aliphatic carbocycles. The Balaban J connectivity index is 1.58. The standard InChI is InChI=1S/C20H17N5O2/c26-16-10-12-6-4-5-9-14(12)17(16)22-20-23-18-15(19(27)24-20)11-21-25(18)13-7-2-1-3-8-13/h1-9,11,16-17,26H,10H2,(H2,22,23,24,27)/t16-,17+/m0/s1. The third-order valence-corrected chi connectivity index (χ3v) is 4.94. The van der Waals surface area contributed by atoms with Crippen LogP contribution in [-0.2, 0) is 6.42 Å². The van der Waals surface area contributed by atoms with E-state index in [1.54, 1.807) is 4.68 Å². The van der Waals surface area contributed by atoms with Gasteiger partial charge in [-0.15, -0.1) is 0 Å². The quantitative estimate of drug-likeness (QED) is 0.521. The molecular weight excluding hydrogens is 342 g/mol. The van der Waals surface area contributed by atoms with Crippen molar-refractivity contribution >= 4 is 17.0 Å². The number of hydrogen-bond donors (Lipinski definition) is 3. The lowest BCUT2D eigenvalue weighted by Gasteiger charge is -2.18. The Labute approximate surface area is 154 Å². The van der Waals surface area contributed by atoms with Crippen LogP contribution in [0.2, 0.25) is 0 Å². The van der Waals surface area contributed by atoms with Crippen molar-refractivity contribution in [2.24, 2.45) is 0 Å². The highest BCUT2D eigenvalue weighted by Gasteiger charge is 2.31. The number of H-pyrrole nitrogens is 1. The number of nitrogens with one attached hydrogen (secondary N) is 2. The maximum atomic E-state index is 12.5. The summed E-state index contributed by atoms with van der Waals surface area (Å²) in [6.45, 7) is 0. The molecule has 0 saturated heterocycles. The summed E-state index contributed by atoms with van der Waals surface area (Å²) in [5.74, 6) is 0.311. The van der Waals surface area contributed by atoms with E-state index in [-0.39, 0.29) is 11.6 Å². The smallest absolute Gasteiger partial charge is 0.263 e. The molecule has 0 bridgehead atoms. The average molecular weight is 359 g/mol. The third kappa shape index (κ3) is 2.60. The molecule has 134 valence electrons. The predicted octanol–water partition coefficient (Wildman–Crippen LogP) is 2.18. The second kappa shape index (κ2) is 6.07. The van der Waals surface area contributed by atoms with Gasteiger partial charge in [-0.2, -0.15) is 10.1 Å². The first-order valence-corrected chi connectivity index (χ1v) is 8.76. The van der Waals surface area contributed by atoms with Crippen molar-refractivity contribution in [2.75, 3.05) is 5.32 Å². The lowest BCUT2D eigenvalue weighted by atomic mass is 10.1. The Bertz CT molecular complexity index is 1180. The first kappa shape index (κ1) is 15.8.